The Morgan fingerprint density at radius 1 is 0.524 bits per heavy atom. The van der Waals surface area contributed by atoms with Crippen molar-refractivity contribution in [3.63, 3.8) is 0 Å². The van der Waals surface area contributed by atoms with Gasteiger partial charge in [0.1, 0.15) is 0 Å². The van der Waals surface area contributed by atoms with Gasteiger partial charge in [-0.15, -0.1) is 0 Å². The Morgan fingerprint density at radius 2 is 1.14 bits per heavy atom. The molecule has 0 atom stereocenters. The molecule has 0 saturated carbocycles. The Labute approximate surface area is 263 Å². The lowest BCUT2D eigenvalue weighted by atomic mass is 9.34. The third kappa shape index (κ3) is 3.00. The molecule has 0 bridgehead atoms. The molecule has 0 fully saturated rings. The molecule has 11 rings (SSSR count). The predicted octanol–water partition coefficient (Wildman–Crippen LogP) is 6.71. The highest BCUT2D eigenvalue weighted by atomic mass is 32.2. The number of aryl methyl sites for hydroxylation is 2. The quantitative estimate of drug-likeness (QED) is 0.177. The molecule has 5 aromatic carbocycles. The highest BCUT2D eigenvalue weighted by Crippen LogP contribution is 2.50. The van der Waals surface area contributed by atoms with Crippen molar-refractivity contribution in [2.24, 2.45) is 0 Å². The van der Waals surface area contributed by atoms with Crippen LogP contribution in [0.3, 0.4) is 0 Å². The summed E-state index contributed by atoms with van der Waals surface area (Å²) >= 11 is 8.06. The van der Waals surface area contributed by atoms with Crippen molar-refractivity contribution in [3.8, 4) is 0 Å². The van der Waals surface area contributed by atoms with Crippen molar-refractivity contribution < 1.29 is 0 Å². The van der Waals surface area contributed by atoms with Crippen molar-refractivity contribution in [1.29, 1.82) is 0 Å². The molecule has 0 saturated heterocycles. The van der Waals surface area contributed by atoms with E-state index >= 15 is 0 Å². The third-order valence-electron chi connectivity index (χ3n) is 10.1. The molecule has 2 aliphatic carbocycles. The lowest BCUT2D eigenvalue weighted by Crippen LogP contribution is -2.58. The zero-order valence-electron chi connectivity index (χ0n) is 22.7. The van der Waals surface area contributed by atoms with Gasteiger partial charge in [-0.25, -0.2) is 0 Å². The van der Waals surface area contributed by atoms with Crippen LogP contribution in [-0.4, -0.2) is 13.4 Å². The summed E-state index contributed by atoms with van der Waals surface area (Å²) in [5, 5.41) is 3.12. The molecule has 5 aromatic rings. The highest BCUT2D eigenvalue weighted by Gasteiger charge is 2.43. The second-order valence-electron chi connectivity index (χ2n) is 12.1. The molecule has 4 aliphatic heterocycles. The van der Waals surface area contributed by atoms with E-state index in [1.807, 2.05) is 35.3 Å². The molecule has 0 amide bonds. The summed E-state index contributed by atoms with van der Waals surface area (Å²) in [6.07, 6.45) is 9.44. The van der Waals surface area contributed by atoms with E-state index < -0.39 is 0 Å². The van der Waals surface area contributed by atoms with Crippen LogP contribution >= 0.6 is 47.0 Å². The molecule has 0 N–H and O–H groups in total. The van der Waals surface area contributed by atoms with Gasteiger partial charge in [0.2, 0.25) is 13.4 Å². The molecular formula is C36H22B2S4. The molecular weight excluding hydrogens is 582 g/mol. The summed E-state index contributed by atoms with van der Waals surface area (Å²) in [6, 6.07) is 28.4. The second-order valence-corrected chi connectivity index (χ2v) is 16.4. The standard InChI is InChI=1S/C36H22B2S4/c1-3-9-25-21(7-1)37-23-17-19-15-16-20-18-24-36(32(31(19)20)35(23)41-29-13-5-11-27(39-25)33(29)37)42-30-14-6-12-28-34(30)38(24)22-8-2-4-10-26(22)40-28/h1,3-7,9-14,17-18H,2,8,15-16H2. The predicted molar refractivity (Wildman–Crippen MR) is 184 cm³/mol. The first-order valence-electron chi connectivity index (χ1n) is 14.9. The van der Waals surface area contributed by atoms with E-state index in [4.69, 9.17) is 0 Å². The van der Waals surface area contributed by atoms with Crippen molar-refractivity contribution in [1.82, 2.24) is 0 Å². The first kappa shape index (κ1) is 23.8. The smallest absolute Gasteiger partial charge is 0.0915 e. The molecule has 6 aliphatic rings. The Bertz CT molecular complexity index is 2180. The van der Waals surface area contributed by atoms with Gasteiger partial charge in [0.05, 0.1) is 0 Å². The van der Waals surface area contributed by atoms with Crippen LogP contribution in [0, 0.1) is 0 Å². The number of fused-ring (bicyclic) bond motifs is 9. The third-order valence-corrected chi connectivity index (χ3v) is 14.9. The van der Waals surface area contributed by atoms with Crippen LogP contribution in [0.4, 0.5) is 0 Å². The van der Waals surface area contributed by atoms with E-state index in [9.17, 15) is 0 Å². The Hall–Kier alpha value is -2.63. The fraction of sp³-hybridized carbons (Fsp3) is 0.111. The maximum Gasteiger partial charge on any atom is 0.247 e. The molecule has 0 radical (unpaired) electrons. The van der Waals surface area contributed by atoms with Gasteiger partial charge >= 0.3 is 0 Å². The summed E-state index contributed by atoms with van der Waals surface area (Å²) < 4.78 is 0. The van der Waals surface area contributed by atoms with E-state index in [-0.39, 0.29) is 0 Å². The Balaban J connectivity index is 1.25. The molecule has 0 nitrogen and oxygen atoms in total. The zero-order valence-corrected chi connectivity index (χ0v) is 26.0. The molecule has 4 heterocycles. The van der Waals surface area contributed by atoms with Crippen LogP contribution in [0.5, 0.6) is 0 Å². The average Bonchev–Trinajstić information content (AvgIpc) is 3.44. The van der Waals surface area contributed by atoms with E-state index in [1.54, 1.807) is 38.3 Å². The fourth-order valence-corrected chi connectivity index (χ4v) is 13.6. The molecule has 0 aromatic heterocycles. The summed E-state index contributed by atoms with van der Waals surface area (Å²) in [4.78, 5) is 11.8. The van der Waals surface area contributed by atoms with Gasteiger partial charge in [-0.05, 0) is 83.5 Å². The summed E-state index contributed by atoms with van der Waals surface area (Å²) in [6.45, 7) is 0.690. The van der Waals surface area contributed by atoms with Crippen molar-refractivity contribution >= 4 is 98.6 Å². The maximum atomic E-state index is 2.64. The fourth-order valence-electron chi connectivity index (χ4n) is 8.39. The minimum Gasteiger partial charge on any atom is -0.0915 e. The number of allylic oxidation sites excluding steroid dienone is 3. The number of rotatable bonds is 0. The van der Waals surface area contributed by atoms with E-state index in [1.165, 1.54) is 62.0 Å². The highest BCUT2D eigenvalue weighted by molar-refractivity contribution is 8.04. The minimum atomic E-state index is 0.307. The van der Waals surface area contributed by atoms with E-state index in [0.717, 1.165) is 19.3 Å². The van der Waals surface area contributed by atoms with Crippen molar-refractivity contribution in [2.45, 2.75) is 60.0 Å². The normalized spacial score (nSPS) is 17.9. The van der Waals surface area contributed by atoms with Gasteiger partial charge in [0.25, 0.3) is 0 Å². The van der Waals surface area contributed by atoms with Crippen LogP contribution in [0.1, 0.15) is 24.0 Å². The van der Waals surface area contributed by atoms with Gasteiger partial charge in [-0.1, -0.05) is 124 Å². The summed E-state index contributed by atoms with van der Waals surface area (Å²) in [5.74, 6) is 0. The Morgan fingerprint density at radius 3 is 1.90 bits per heavy atom. The molecule has 6 heteroatoms. The molecule has 0 unspecified atom stereocenters. The van der Waals surface area contributed by atoms with Gasteiger partial charge < -0.3 is 0 Å². The minimum absolute atomic E-state index is 0.307. The van der Waals surface area contributed by atoms with Gasteiger partial charge in [0, 0.05) is 44.6 Å². The Kier molecular flexibility index (Phi) is 4.82. The lowest BCUT2D eigenvalue weighted by molar-refractivity contribution is 1.00. The number of benzene rings is 5. The first-order chi connectivity index (χ1) is 20.8. The monoisotopic (exact) mass is 604 g/mol. The largest absolute Gasteiger partial charge is 0.247 e. The first-order valence-corrected chi connectivity index (χ1v) is 18.2. The maximum absolute atomic E-state index is 2.64. The summed E-state index contributed by atoms with van der Waals surface area (Å²) in [7, 11) is 0. The van der Waals surface area contributed by atoms with Crippen LogP contribution in [0.2, 0.25) is 0 Å². The van der Waals surface area contributed by atoms with Gasteiger partial charge in [-0.2, -0.15) is 0 Å². The number of hydrogen-bond donors (Lipinski definition) is 0. The number of hydrogen-bond acceptors (Lipinski definition) is 4. The van der Waals surface area contributed by atoms with Crippen LogP contribution in [-0.2, 0) is 12.8 Å². The van der Waals surface area contributed by atoms with Gasteiger partial charge in [-0.3, -0.25) is 0 Å². The van der Waals surface area contributed by atoms with E-state index in [2.05, 4.69) is 96.7 Å². The molecule has 42 heavy (non-hydrogen) atoms. The zero-order chi connectivity index (χ0) is 27.1. The van der Waals surface area contributed by atoms with Crippen molar-refractivity contribution in [2.75, 3.05) is 0 Å². The topological polar surface area (TPSA) is 0 Å². The van der Waals surface area contributed by atoms with E-state index in [0.29, 0.717) is 13.4 Å². The average molecular weight is 604 g/mol. The SMILES string of the molecule is C1=CC2=C(CC1)B1c3cc4c5c(cc6c(c5c3Sc3cccc(c31)S2)Sc1cccc2c1B6c1ccccc1S2)CC4. The van der Waals surface area contributed by atoms with Gasteiger partial charge in [0.15, 0.2) is 0 Å². The van der Waals surface area contributed by atoms with Crippen LogP contribution in [0.15, 0.2) is 130 Å². The van der Waals surface area contributed by atoms with Crippen molar-refractivity contribution in [3.05, 3.63) is 106 Å². The second kappa shape index (κ2) is 8.51. The molecule has 196 valence electrons. The van der Waals surface area contributed by atoms with Crippen LogP contribution in [0.25, 0.3) is 10.8 Å². The lowest BCUT2D eigenvalue weighted by Gasteiger charge is -2.37. The molecule has 0 spiro atoms. The number of thioether (sulfide) groups is 1. The van der Waals surface area contributed by atoms with Crippen LogP contribution < -0.4 is 27.3 Å². The summed E-state index contributed by atoms with van der Waals surface area (Å²) in [5.41, 5.74) is 12.5.